The molecule has 4 N–H and O–H groups in total. The number of aliphatic hydroxyl groups excluding tert-OH is 1. The van der Waals surface area contributed by atoms with E-state index in [1.54, 1.807) is 6.92 Å². The van der Waals surface area contributed by atoms with Crippen LogP contribution in [0.2, 0.25) is 0 Å². The van der Waals surface area contributed by atoms with E-state index in [1.165, 1.54) is 23.7 Å². The number of fused-ring (bicyclic) bond motifs is 2. The van der Waals surface area contributed by atoms with Crippen molar-refractivity contribution in [1.82, 2.24) is 19.9 Å². The third-order valence-corrected chi connectivity index (χ3v) is 7.50. The minimum absolute atomic E-state index is 0.147. The van der Waals surface area contributed by atoms with Crippen molar-refractivity contribution < 1.29 is 5.11 Å². The molecule has 0 radical (unpaired) electrons. The van der Waals surface area contributed by atoms with Crippen molar-refractivity contribution in [2.24, 2.45) is 5.73 Å². The summed E-state index contributed by atoms with van der Waals surface area (Å²) < 4.78 is 0. The van der Waals surface area contributed by atoms with Gasteiger partial charge in [-0.1, -0.05) is 18.5 Å². The van der Waals surface area contributed by atoms with E-state index in [4.69, 9.17) is 27.3 Å². The lowest BCUT2D eigenvalue weighted by Gasteiger charge is -2.21. The molecule has 10 heteroatoms. The van der Waals surface area contributed by atoms with Crippen molar-refractivity contribution >= 4 is 50.9 Å². The number of benzene rings is 1. The zero-order chi connectivity index (χ0) is 23.8. The second-order valence-electron chi connectivity index (χ2n) is 8.83. The molecule has 8 nitrogen and oxygen atoms in total. The number of allylic oxidation sites excluding steroid dienone is 1. The number of anilines is 2. The molecule has 2 atom stereocenters. The molecule has 2 aromatic heterocycles. The fraction of sp³-hybridized carbons (Fsp3) is 0.417. The number of aliphatic hydroxyl groups is 1. The highest BCUT2D eigenvalue weighted by atomic mass is 35.5. The molecule has 34 heavy (non-hydrogen) atoms. The van der Waals surface area contributed by atoms with Crippen LogP contribution in [0, 0.1) is 0 Å². The van der Waals surface area contributed by atoms with E-state index in [-0.39, 0.29) is 6.04 Å². The minimum atomic E-state index is -0.465. The monoisotopic (exact) mass is 497 g/mol. The number of hydrogen-bond donors (Lipinski definition) is 3. The van der Waals surface area contributed by atoms with Crippen LogP contribution in [-0.2, 0) is 6.42 Å². The molecule has 0 bridgehead atoms. The standard InChI is InChI=1S/C24H28ClN7OS/c1-3-14-8-19-20(21(14)25)23(32-7-6-15(26)11-32)31-24(30-19)34-16-4-5-17-18(9-16)28-12-29-22(17)27-10-13(2)33/h4-5,9,12-13,15,33H,3,6-8,10-11,26H2,1-2H3,(H,27,28,29). The van der Waals surface area contributed by atoms with Gasteiger partial charge in [0, 0.05) is 42.4 Å². The Morgan fingerprint density at radius 2 is 2.18 bits per heavy atom. The smallest absolute Gasteiger partial charge is 0.194 e. The number of aromatic nitrogens is 4. The topological polar surface area (TPSA) is 113 Å². The Balaban J connectivity index is 1.47. The summed E-state index contributed by atoms with van der Waals surface area (Å²) in [7, 11) is 0. The Kier molecular flexibility index (Phi) is 6.61. The van der Waals surface area contributed by atoms with E-state index in [0.717, 1.165) is 70.3 Å². The number of halogens is 1. The van der Waals surface area contributed by atoms with E-state index in [0.29, 0.717) is 17.5 Å². The fourth-order valence-electron chi connectivity index (χ4n) is 4.41. The first-order valence-corrected chi connectivity index (χ1v) is 12.8. The molecule has 1 aliphatic heterocycles. The van der Waals surface area contributed by atoms with Crippen LogP contribution in [0.15, 0.2) is 40.2 Å². The number of nitrogens with zero attached hydrogens (tertiary/aromatic N) is 5. The van der Waals surface area contributed by atoms with Gasteiger partial charge in [0.15, 0.2) is 5.16 Å². The summed E-state index contributed by atoms with van der Waals surface area (Å²) in [4.78, 5) is 21.8. The molecule has 1 fully saturated rings. The minimum Gasteiger partial charge on any atom is -0.392 e. The summed E-state index contributed by atoms with van der Waals surface area (Å²) in [5.74, 6) is 1.60. The Bertz CT molecular complexity index is 1270. The summed E-state index contributed by atoms with van der Waals surface area (Å²) >= 11 is 8.28. The molecular formula is C24H28ClN7OS. The van der Waals surface area contributed by atoms with Gasteiger partial charge >= 0.3 is 0 Å². The number of rotatable bonds is 7. The lowest BCUT2D eigenvalue weighted by atomic mass is 10.2. The van der Waals surface area contributed by atoms with Gasteiger partial charge in [0.05, 0.1) is 27.9 Å². The SMILES string of the molecule is CCC1=C(Cl)c2c(nc(Sc3ccc4c(NCC(C)O)ncnc4c3)nc2N2CCC(N)C2)C1. The zero-order valence-electron chi connectivity index (χ0n) is 19.3. The Morgan fingerprint density at radius 1 is 1.32 bits per heavy atom. The quantitative estimate of drug-likeness (QED) is 0.419. The van der Waals surface area contributed by atoms with E-state index < -0.39 is 6.10 Å². The van der Waals surface area contributed by atoms with Crippen LogP contribution in [-0.4, -0.2) is 56.8 Å². The van der Waals surface area contributed by atoms with Gasteiger partial charge < -0.3 is 21.1 Å². The Morgan fingerprint density at radius 3 is 2.91 bits per heavy atom. The van der Waals surface area contributed by atoms with Crippen LogP contribution in [0.4, 0.5) is 11.6 Å². The summed E-state index contributed by atoms with van der Waals surface area (Å²) in [6.45, 7) is 5.92. The van der Waals surface area contributed by atoms with E-state index in [9.17, 15) is 5.11 Å². The van der Waals surface area contributed by atoms with Crippen molar-refractivity contribution in [3.8, 4) is 0 Å². The summed E-state index contributed by atoms with van der Waals surface area (Å²) in [5, 5.41) is 15.1. The lowest BCUT2D eigenvalue weighted by Crippen LogP contribution is -2.28. The highest BCUT2D eigenvalue weighted by molar-refractivity contribution is 7.99. The van der Waals surface area contributed by atoms with Crippen molar-refractivity contribution in [2.75, 3.05) is 29.9 Å². The largest absolute Gasteiger partial charge is 0.392 e. The van der Waals surface area contributed by atoms with Crippen LogP contribution < -0.4 is 16.0 Å². The molecule has 178 valence electrons. The molecule has 3 heterocycles. The van der Waals surface area contributed by atoms with Crippen molar-refractivity contribution in [1.29, 1.82) is 0 Å². The van der Waals surface area contributed by atoms with Crippen LogP contribution in [0.5, 0.6) is 0 Å². The first kappa shape index (κ1) is 23.3. The van der Waals surface area contributed by atoms with Gasteiger partial charge in [0.1, 0.15) is 18.0 Å². The molecular weight excluding hydrogens is 470 g/mol. The molecule has 0 amide bonds. The maximum Gasteiger partial charge on any atom is 0.194 e. The van der Waals surface area contributed by atoms with Crippen molar-refractivity contribution in [3.63, 3.8) is 0 Å². The van der Waals surface area contributed by atoms with E-state index >= 15 is 0 Å². The van der Waals surface area contributed by atoms with Gasteiger partial charge in [-0.05, 0) is 55.3 Å². The van der Waals surface area contributed by atoms with Crippen molar-refractivity contribution in [3.05, 3.63) is 41.4 Å². The van der Waals surface area contributed by atoms with Crippen LogP contribution >= 0.6 is 23.4 Å². The molecule has 3 aromatic rings. The fourth-order valence-corrected chi connectivity index (χ4v) is 5.61. The maximum atomic E-state index is 9.58. The number of hydrogen-bond acceptors (Lipinski definition) is 9. The summed E-state index contributed by atoms with van der Waals surface area (Å²) in [6, 6.07) is 6.17. The molecule has 2 unspecified atom stereocenters. The highest BCUT2D eigenvalue weighted by Gasteiger charge is 2.31. The van der Waals surface area contributed by atoms with Gasteiger partial charge in [-0.15, -0.1) is 0 Å². The van der Waals surface area contributed by atoms with Gasteiger partial charge in [-0.2, -0.15) is 0 Å². The zero-order valence-corrected chi connectivity index (χ0v) is 20.8. The number of nitrogens with one attached hydrogen (secondary N) is 1. The van der Waals surface area contributed by atoms with Crippen molar-refractivity contribution in [2.45, 2.75) is 55.3 Å². The van der Waals surface area contributed by atoms with Crippen LogP contribution in [0.1, 0.15) is 37.9 Å². The molecule has 1 aliphatic carbocycles. The third kappa shape index (κ3) is 4.57. The normalized spacial score (nSPS) is 18.6. The molecule has 1 aromatic carbocycles. The molecule has 0 saturated carbocycles. The summed E-state index contributed by atoms with van der Waals surface area (Å²) in [6.07, 6.45) is 3.66. The van der Waals surface area contributed by atoms with Gasteiger partial charge in [0.2, 0.25) is 0 Å². The Labute approximate surface area is 208 Å². The average molecular weight is 498 g/mol. The second-order valence-corrected chi connectivity index (χ2v) is 10.2. The predicted molar refractivity (Wildman–Crippen MR) is 137 cm³/mol. The van der Waals surface area contributed by atoms with Gasteiger partial charge in [0.25, 0.3) is 0 Å². The number of nitrogens with two attached hydrogens (primary N) is 1. The summed E-state index contributed by atoms with van der Waals surface area (Å²) in [5.41, 5.74) is 10.2. The molecule has 5 rings (SSSR count). The lowest BCUT2D eigenvalue weighted by molar-refractivity contribution is 0.208. The van der Waals surface area contributed by atoms with E-state index in [2.05, 4.69) is 27.1 Å². The van der Waals surface area contributed by atoms with Crippen LogP contribution in [0.25, 0.3) is 15.9 Å². The first-order valence-electron chi connectivity index (χ1n) is 11.6. The second kappa shape index (κ2) is 9.65. The van der Waals surface area contributed by atoms with Gasteiger partial charge in [-0.25, -0.2) is 19.9 Å². The first-order chi connectivity index (χ1) is 16.4. The maximum absolute atomic E-state index is 9.58. The third-order valence-electron chi connectivity index (χ3n) is 6.19. The molecule has 1 saturated heterocycles. The molecule has 2 aliphatic rings. The Hall–Kier alpha value is -2.46. The average Bonchev–Trinajstić information content (AvgIpc) is 3.39. The van der Waals surface area contributed by atoms with Gasteiger partial charge in [-0.3, -0.25) is 0 Å². The molecule has 0 spiro atoms. The van der Waals surface area contributed by atoms with E-state index in [1.807, 2.05) is 18.2 Å². The van der Waals surface area contributed by atoms with Crippen LogP contribution in [0.3, 0.4) is 0 Å². The predicted octanol–water partition coefficient (Wildman–Crippen LogP) is 3.82. The highest BCUT2D eigenvalue weighted by Crippen LogP contribution is 2.43.